The summed E-state index contributed by atoms with van der Waals surface area (Å²) < 4.78 is 10.8. The third-order valence-electron chi connectivity index (χ3n) is 5.37. The molecule has 0 bridgehead atoms. The number of hydrogen-bond acceptors (Lipinski definition) is 4. The number of ether oxygens (including phenoxy) is 2. The van der Waals surface area contributed by atoms with E-state index in [-0.39, 0.29) is 11.8 Å². The Hall–Kier alpha value is -3.40. The highest BCUT2D eigenvalue weighted by molar-refractivity contribution is 6.09. The van der Waals surface area contributed by atoms with Gasteiger partial charge in [-0.05, 0) is 36.1 Å². The molecule has 4 heteroatoms. The summed E-state index contributed by atoms with van der Waals surface area (Å²) in [5.74, 6) is 0.448. The van der Waals surface area contributed by atoms with E-state index in [0.29, 0.717) is 23.5 Å². The zero-order valence-electron chi connectivity index (χ0n) is 16.3. The summed E-state index contributed by atoms with van der Waals surface area (Å²) in [6.45, 7) is 0.383. The van der Waals surface area contributed by atoms with E-state index in [1.54, 1.807) is 24.3 Å². The Bertz CT molecular complexity index is 1020. The van der Waals surface area contributed by atoms with Gasteiger partial charge in [0, 0.05) is 11.1 Å². The molecule has 1 aliphatic rings. The van der Waals surface area contributed by atoms with Crippen LogP contribution in [0.3, 0.4) is 0 Å². The summed E-state index contributed by atoms with van der Waals surface area (Å²) in [6.07, 6.45) is 1.66. The van der Waals surface area contributed by atoms with Gasteiger partial charge in [0.2, 0.25) is 0 Å². The summed E-state index contributed by atoms with van der Waals surface area (Å²) in [4.78, 5) is 24.6. The van der Waals surface area contributed by atoms with Crippen LogP contribution in [0.2, 0.25) is 0 Å². The molecule has 3 aromatic carbocycles. The maximum absolute atomic E-state index is 12.6. The fourth-order valence-corrected chi connectivity index (χ4v) is 3.50. The summed E-state index contributed by atoms with van der Waals surface area (Å²) in [5, 5.41) is 0. The quantitative estimate of drug-likeness (QED) is 0.436. The van der Waals surface area contributed by atoms with Crippen LogP contribution in [0.15, 0.2) is 78.9 Å². The van der Waals surface area contributed by atoms with Gasteiger partial charge in [0.05, 0.1) is 12.5 Å². The molecule has 146 valence electrons. The second-order valence-electron chi connectivity index (χ2n) is 7.28. The van der Waals surface area contributed by atoms with Crippen molar-refractivity contribution in [3.8, 4) is 5.75 Å². The molecule has 0 spiro atoms. The first-order valence-corrected chi connectivity index (χ1v) is 9.63. The molecular weight excluding hydrogens is 364 g/mol. The molecule has 0 N–H and O–H groups in total. The molecule has 3 aromatic rings. The monoisotopic (exact) mass is 386 g/mol. The second-order valence-corrected chi connectivity index (χ2v) is 7.28. The maximum Gasteiger partial charge on any atom is 0.316 e. The van der Waals surface area contributed by atoms with Gasteiger partial charge in [-0.15, -0.1) is 0 Å². The van der Waals surface area contributed by atoms with Crippen molar-refractivity contribution >= 4 is 11.8 Å². The smallest absolute Gasteiger partial charge is 0.316 e. The van der Waals surface area contributed by atoms with Crippen LogP contribution >= 0.6 is 0 Å². The molecular formula is C25H22O4. The van der Waals surface area contributed by atoms with Crippen molar-refractivity contribution in [3.05, 3.63) is 101 Å². The molecule has 0 amide bonds. The second kappa shape index (κ2) is 7.92. The Labute approximate surface area is 170 Å². The van der Waals surface area contributed by atoms with Crippen molar-refractivity contribution in [3.63, 3.8) is 0 Å². The predicted molar refractivity (Wildman–Crippen MR) is 110 cm³/mol. The first kappa shape index (κ1) is 18.9. The topological polar surface area (TPSA) is 52.6 Å². The van der Waals surface area contributed by atoms with Crippen LogP contribution in [-0.4, -0.2) is 18.9 Å². The number of rotatable bonds is 7. The Kier molecular flexibility index (Phi) is 5.17. The molecule has 0 saturated heterocycles. The molecule has 4 nitrogen and oxygen atoms in total. The standard InChI is InChI=1S/C25H22O4/c1-28-24(27)25(14-15-25)21-12-10-18(11-13-21)17-29-22-9-5-8-20(16-22)23(26)19-6-3-2-4-7-19/h2-13,16H,14-15,17H2,1H3. The van der Waals surface area contributed by atoms with Crippen LogP contribution in [0.25, 0.3) is 0 Å². The summed E-state index contributed by atoms with van der Waals surface area (Å²) in [5.41, 5.74) is 2.77. The van der Waals surface area contributed by atoms with Crippen LogP contribution in [0.1, 0.15) is 39.9 Å². The molecule has 0 atom stereocenters. The van der Waals surface area contributed by atoms with E-state index in [1.807, 2.05) is 54.6 Å². The summed E-state index contributed by atoms with van der Waals surface area (Å²) in [7, 11) is 1.43. The van der Waals surface area contributed by atoms with E-state index < -0.39 is 5.41 Å². The van der Waals surface area contributed by atoms with Crippen molar-refractivity contribution in [2.45, 2.75) is 24.9 Å². The summed E-state index contributed by atoms with van der Waals surface area (Å²) >= 11 is 0. The van der Waals surface area contributed by atoms with Crippen LogP contribution < -0.4 is 4.74 Å². The van der Waals surface area contributed by atoms with E-state index in [2.05, 4.69) is 0 Å². The number of carbonyl (C=O) groups is 2. The van der Waals surface area contributed by atoms with Gasteiger partial charge in [-0.1, -0.05) is 66.7 Å². The average molecular weight is 386 g/mol. The van der Waals surface area contributed by atoms with Gasteiger partial charge in [-0.2, -0.15) is 0 Å². The van der Waals surface area contributed by atoms with Gasteiger partial charge < -0.3 is 9.47 Å². The van der Waals surface area contributed by atoms with E-state index in [0.717, 1.165) is 24.0 Å². The highest BCUT2D eigenvalue weighted by Gasteiger charge is 2.52. The third kappa shape index (κ3) is 3.92. The fourth-order valence-electron chi connectivity index (χ4n) is 3.50. The van der Waals surface area contributed by atoms with Crippen molar-refractivity contribution in [2.75, 3.05) is 7.11 Å². The number of hydrogen-bond donors (Lipinski definition) is 0. The molecule has 0 radical (unpaired) electrons. The van der Waals surface area contributed by atoms with Gasteiger partial charge in [0.25, 0.3) is 0 Å². The molecule has 0 heterocycles. The van der Waals surface area contributed by atoms with Gasteiger partial charge >= 0.3 is 5.97 Å². The lowest BCUT2D eigenvalue weighted by Crippen LogP contribution is -2.21. The molecule has 4 rings (SSSR count). The normalized spacial score (nSPS) is 14.1. The molecule has 1 aliphatic carbocycles. The number of carbonyl (C=O) groups excluding carboxylic acids is 2. The van der Waals surface area contributed by atoms with E-state index in [4.69, 9.17) is 9.47 Å². The van der Waals surface area contributed by atoms with E-state index in [1.165, 1.54) is 7.11 Å². The zero-order valence-corrected chi connectivity index (χ0v) is 16.3. The van der Waals surface area contributed by atoms with Gasteiger partial charge in [0.1, 0.15) is 12.4 Å². The van der Waals surface area contributed by atoms with Crippen molar-refractivity contribution in [1.82, 2.24) is 0 Å². The number of benzene rings is 3. The molecule has 0 unspecified atom stereocenters. The Morgan fingerprint density at radius 3 is 2.21 bits per heavy atom. The Morgan fingerprint density at radius 1 is 0.862 bits per heavy atom. The largest absolute Gasteiger partial charge is 0.489 e. The van der Waals surface area contributed by atoms with Gasteiger partial charge in [0.15, 0.2) is 5.78 Å². The number of esters is 1. The Balaban J connectivity index is 1.42. The predicted octanol–water partition coefficient (Wildman–Crippen LogP) is 4.70. The lowest BCUT2D eigenvalue weighted by Gasteiger charge is -2.14. The van der Waals surface area contributed by atoms with Crippen molar-refractivity contribution in [1.29, 1.82) is 0 Å². The third-order valence-corrected chi connectivity index (χ3v) is 5.37. The minimum atomic E-state index is -0.458. The molecule has 1 fully saturated rings. The highest BCUT2D eigenvalue weighted by atomic mass is 16.5. The van der Waals surface area contributed by atoms with Gasteiger partial charge in [-0.3, -0.25) is 9.59 Å². The molecule has 0 aliphatic heterocycles. The zero-order chi connectivity index (χ0) is 20.3. The summed E-state index contributed by atoms with van der Waals surface area (Å²) in [6, 6.07) is 24.3. The van der Waals surface area contributed by atoms with Crippen molar-refractivity contribution in [2.24, 2.45) is 0 Å². The first-order valence-electron chi connectivity index (χ1n) is 9.63. The van der Waals surface area contributed by atoms with Crippen LogP contribution in [0, 0.1) is 0 Å². The van der Waals surface area contributed by atoms with Crippen molar-refractivity contribution < 1.29 is 19.1 Å². The average Bonchev–Trinajstić information content (AvgIpc) is 3.60. The van der Waals surface area contributed by atoms with Gasteiger partial charge in [-0.25, -0.2) is 0 Å². The minimum absolute atomic E-state index is 0.0297. The number of ketones is 1. The lowest BCUT2D eigenvalue weighted by atomic mass is 9.95. The fraction of sp³-hybridized carbons (Fsp3) is 0.200. The SMILES string of the molecule is COC(=O)C1(c2ccc(COc3cccc(C(=O)c4ccccc4)c3)cc2)CC1. The first-order chi connectivity index (χ1) is 14.1. The lowest BCUT2D eigenvalue weighted by molar-refractivity contribution is -0.143. The van der Waals surface area contributed by atoms with Crippen LogP contribution in [0.4, 0.5) is 0 Å². The van der Waals surface area contributed by atoms with Crippen LogP contribution in [0.5, 0.6) is 5.75 Å². The molecule has 29 heavy (non-hydrogen) atoms. The van der Waals surface area contributed by atoms with E-state index in [9.17, 15) is 9.59 Å². The maximum atomic E-state index is 12.6. The van der Waals surface area contributed by atoms with E-state index >= 15 is 0 Å². The minimum Gasteiger partial charge on any atom is -0.489 e. The Morgan fingerprint density at radius 2 is 1.55 bits per heavy atom. The highest BCUT2D eigenvalue weighted by Crippen LogP contribution is 2.49. The number of methoxy groups -OCH3 is 1. The molecule has 1 saturated carbocycles. The van der Waals surface area contributed by atoms with Crippen LogP contribution in [-0.2, 0) is 21.6 Å². The molecule has 0 aromatic heterocycles.